The number of nitrogens with one attached hydrogen (secondary N) is 2. The van der Waals surface area contributed by atoms with E-state index >= 15 is 0 Å². The number of para-hydroxylation sites is 1. The molecule has 6 heteroatoms. The predicted molar refractivity (Wildman–Crippen MR) is 121 cm³/mol. The van der Waals surface area contributed by atoms with Crippen molar-refractivity contribution >= 4 is 29.2 Å². The fourth-order valence-electron chi connectivity index (χ4n) is 2.83. The molecule has 0 unspecified atom stereocenters. The first-order valence-electron chi connectivity index (χ1n) is 9.39. The molecule has 5 nitrogen and oxygen atoms in total. The number of rotatable bonds is 9. The maximum Gasteiger partial charge on any atom is 0.225 e. The highest BCUT2D eigenvalue weighted by Crippen LogP contribution is 2.29. The van der Waals surface area contributed by atoms with Crippen LogP contribution in [0.15, 0.2) is 65.6 Å². The SMILES string of the molecule is CSc1ccccc1Nc1cc(-c2ccccc2)nc(NCCCN(C)C)n1. The molecule has 0 radical (unpaired) electrons. The van der Waals surface area contributed by atoms with E-state index in [2.05, 4.69) is 60.2 Å². The van der Waals surface area contributed by atoms with Crippen LogP contribution < -0.4 is 10.6 Å². The van der Waals surface area contributed by atoms with Gasteiger partial charge in [0.2, 0.25) is 5.95 Å². The van der Waals surface area contributed by atoms with Gasteiger partial charge in [-0.3, -0.25) is 0 Å². The molecule has 0 aliphatic heterocycles. The summed E-state index contributed by atoms with van der Waals surface area (Å²) in [5.74, 6) is 1.43. The number of hydrogen-bond acceptors (Lipinski definition) is 6. The molecular formula is C22H27N5S. The van der Waals surface area contributed by atoms with Gasteiger partial charge in [0.25, 0.3) is 0 Å². The first-order chi connectivity index (χ1) is 13.7. The van der Waals surface area contributed by atoms with E-state index in [1.165, 1.54) is 4.90 Å². The largest absolute Gasteiger partial charge is 0.354 e. The molecule has 3 rings (SSSR count). The molecule has 3 aromatic rings. The number of hydrogen-bond donors (Lipinski definition) is 2. The molecule has 0 saturated carbocycles. The maximum atomic E-state index is 4.72. The van der Waals surface area contributed by atoms with E-state index in [0.29, 0.717) is 5.95 Å². The van der Waals surface area contributed by atoms with Crippen LogP contribution in [0.1, 0.15) is 6.42 Å². The Hall–Kier alpha value is -2.57. The van der Waals surface area contributed by atoms with Crippen molar-refractivity contribution < 1.29 is 0 Å². The molecular weight excluding hydrogens is 366 g/mol. The molecule has 0 atom stereocenters. The van der Waals surface area contributed by atoms with Crippen LogP contribution in [-0.2, 0) is 0 Å². The van der Waals surface area contributed by atoms with E-state index in [4.69, 9.17) is 9.97 Å². The maximum absolute atomic E-state index is 4.72. The quantitative estimate of drug-likeness (QED) is 0.395. The second-order valence-corrected chi connectivity index (χ2v) is 7.59. The Morgan fingerprint density at radius 2 is 1.71 bits per heavy atom. The molecule has 2 aromatic carbocycles. The third kappa shape index (κ3) is 5.71. The highest BCUT2D eigenvalue weighted by Gasteiger charge is 2.09. The standard InChI is InChI=1S/C22H27N5S/c1-27(2)15-9-14-23-22-25-19(17-10-5-4-6-11-17)16-21(26-22)24-18-12-7-8-13-20(18)28-3/h4-8,10-13,16H,9,14-15H2,1-3H3,(H2,23,24,25,26). The van der Waals surface area contributed by atoms with Gasteiger partial charge < -0.3 is 15.5 Å². The molecule has 0 aliphatic rings. The molecule has 0 fully saturated rings. The van der Waals surface area contributed by atoms with Crippen LogP contribution in [0, 0.1) is 0 Å². The van der Waals surface area contributed by atoms with Gasteiger partial charge in [-0.25, -0.2) is 4.98 Å². The fraction of sp³-hybridized carbons (Fsp3) is 0.273. The first-order valence-corrected chi connectivity index (χ1v) is 10.6. The molecule has 1 heterocycles. The summed E-state index contributed by atoms with van der Waals surface area (Å²) in [6.07, 6.45) is 3.11. The molecule has 0 aliphatic carbocycles. The molecule has 0 amide bonds. The second kappa shape index (κ2) is 10.1. The number of anilines is 3. The summed E-state index contributed by atoms with van der Waals surface area (Å²) in [4.78, 5) is 12.8. The Morgan fingerprint density at radius 3 is 2.46 bits per heavy atom. The van der Waals surface area contributed by atoms with Crippen LogP contribution in [0.4, 0.5) is 17.5 Å². The molecule has 2 N–H and O–H groups in total. The van der Waals surface area contributed by atoms with E-state index in [-0.39, 0.29) is 0 Å². The van der Waals surface area contributed by atoms with Crippen molar-refractivity contribution in [3.8, 4) is 11.3 Å². The molecule has 0 saturated heterocycles. The Morgan fingerprint density at radius 1 is 0.964 bits per heavy atom. The van der Waals surface area contributed by atoms with Gasteiger partial charge in [-0.15, -0.1) is 11.8 Å². The number of benzene rings is 2. The summed E-state index contributed by atoms with van der Waals surface area (Å²) < 4.78 is 0. The highest BCUT2D eigenvalue weighted by atomic mass is 32.2. The van der Waals surface area contributed by atoms with Crippen molar-refractivity contribution in [3.63, 3.8) is 0 Å². The van der Waals surface area contributed by atoms with Crippen molar-refractivity contribution in [2.45, 2.75) is 11.3 Å². The van der Waals surface area contributed by atoms with Crippen molar-refractivity contribution in [2.24, 2.45) is 0 Å². The Kier molecular flexibility index (Phi) is 7.28. The third-order valence-electron chi connectivity index (χ3n) is 4.23. The Labute approximate surface area is 171 Å². The Bertz CT molecular complexity index is 883. The van der Waals surface area contributed by atoms with Crippen LogP contribution in [0.2, 0.25) is 0 Å². The summed E-state index contributed by atoms with van der Waals surface area (Å²) >= 11 is 1.71. The summed E-state index contributed by atoms with van der Waals surface area (Å²) in [5.41, 5.74) is 3.02. The lowest BCUT2D eigenvalue weighted by Crippen LogP contribution is -2.17. The van der Waals surface area contributed by atoms with E-state index in [0.717, 1.165) is 42.3 Å². The first kappa shape index (κ1) is 20.2. The topological polar surface area (TPSA) is 53.1 Å². The molecule has 28 heavy (non-hydrogen) atoms. The summed E-state index contributed by atoms with van der Waals surface area (Å²) in [6.45, 7) is 1.86. The smallest absolute Gasteiger partial charge is 0.225 e. The minimum absolute atomic E-state index is 0.643. The summed E-state index contributed by atoms with van der Waals surface area (Å²) in [5, 5.41) is 6.83. The lowest BCUT2D eigenvalue weighted by Gasteiger charge is -2.14. The van der Waals surface area contributed by atoms with Crippen LogP contribution in [-0.4, -0.2) is 48.3 Å². The van der Waals surface area contributed by atoms with Crippen molar-refractivity contribution in [1.29, 1.82) is 0 Å². The normalized spacial score (nSPS) is 10.9. The summed E-state index contributed by atoms with van der Waals surface area (Å²) in [6, 6.07) is 20.4. The Balaban J connectivity index is 1.86. The zero-order chi connectivity index (χ0) is 19.8. The summed E-state index contributed by atoms with van der Waals surface area (Å²) in [7, 11) is 4.16. The number of aromatic nitrogens is 2. The second-order valence-electron chi connectivity index (χ2n) is 6.74. The van der Waals surface area contributed by atoms with Gasteiger partial charge in [0.15, 0.2) is 0 Å². The lowest BCUT2D eigenvalue weighted by molar-refractivity contribution is 0.405. The van der Waals surface area contributed by atoms with Crippen molar-refractivity contribution in [1.82, 2.24) is 14.9 Å². The van der Waals surface area contributed by atoms with Crippen LogP contribution in [0.25, 0.3) is 11.3 Å². The van der Waals surface area contributed by atoms with Gasteiger partial charge in [-0.1, -0.05) is 42.5 Å². The van der Waals surface area contributed by atoms with Gasteiger partial charge >= 0.3 is 0 Å². The van der Waals surface area contributed by atoms with Gasteiger partial charge in [-0.05, 0) is 45.4 Å². The fourth-order valence-corrected chi connectivity index (χ4v) is 3.38. The molecule has 1 aromatic heterocycles. The molecule has 146 valence electrons. The van der Waals surface area contributed by atoms with Crippen molar-refractivity contribution in [3.05, 3.63) is 60.7 Å². The van der Waals surface area contributed by atoms with Gasteiger partial charge in [0.1, 0.15) is 5.82 Å². The average Bonchev–Trinajstić information content (AvgIpc) is 2.72. The van der Waals surface area contributed by atoms with Crippen LogP contribution in [0.3, 0.4) is 0 Å². The monoisotopic (exact) mass is 393 g/mol. The third-order valence-corrected chi connectivity index (χ3v) is 5.03. The lowest BCUT2D eigenvalue weighted by atomic mass is 10.1. The number of nitrogens with zero attached hydrogens (tertiary/aromatic N) is 3. The van der Waals surface area contributed by atoms with E-state index in [1.54, 1.807) is 11.8 Å². The molecule has 0 spiro atoms. The van der Waals surface area contributed by atoms with E-state index in [1.807, 2.05) is 36.4 Å². The van der Waals surface area contributed by atoms with Gasteiger partial charge in [0, 0.05) is 23.1 Å². The van der Waals surface area contributed by atoms with E-state index < -0.39 is 0 Å². The number of thioether (sulfide) groups is 1. The van der Waals surface area contributed by atoms with Crippen molar-refractivity contribution in [2.75, 3.05) is 44.1 Å². The van der Waals surface area contributed by atoms with Crippen LogP contribution >= 0.6 is 11.8 Å². The predicted octanol–water partition coefficient (Wildman–Crippen LogP) is 4.97. The minimum atomic E-state index is 0.643. The van der Waals surface area contributed by atoms with E-state index in [9.17, 15) is 0 Å². The van der Waals surface area contributed by atoms with Gasteiger partial charge in [-0.2, -0.15) is 4.98 Å². The highest BCUT2D eigenvalue weighted by molar-refractivity contribution is 7.98. The molecule has 0 bridgehead atoms. The zero-order valence-electron chi connectivity index (χ0n) is 16.6. The van der Waals surface area contributed by atoms with Crippen LogP contribution in [0.5, 0.6) is 0 Å². The average molecular weight is 394 g/mol. The van der Waals surface area contributed by atoms with Gasteiger partial charge in [0.05, 0.1) is 11.4 Å². The minimum Gasteiger partial charge on any atom is -0.354 e. The zero-order valence-corrected chi connectivity index (χ0v) is 17.5.